The Morgan fingerprint density at radius 1 is 1.38 bits per heavy atom. The molecule has 13 heavy (non-hydrogen) atoms. The van der Waals surface area contributed by atoms with Crippen molar-refractivity contribution in [2.24, 2.45) is 0 Å². The van der Waals surface area contributed by atoms with Gasteiger partial charge in [-0.15, -0.1) is 0 Å². The largest absolute Gasteiger partial charge is 0.464 e. The van der Waals surface area contributed by atoms with Gasteiger partial charge in [0.05, 0.1) is 12.7 Å². The summed E-state index contributed by atoms with van der Waals surface area (Å²) in [5.41, 5.74) is -0.828. The molecule has 1 atom stereocenters. The van der Waals surface area contributed by atoms with Crippen LogP contribution in [-0.2, 0) is 14.3 Å². The Morgan fingerprint density at radius 2 is 1.92 bits per heavy atom. The first-order valence-electron chi connectivity index (χ1n) is 4.79. The van der Waals surface area contributed by atoms with Crippen molar-refractivity contribution in [1.82, 2.24) is 0 Å². The molecule has 3 nitrogen and oxygen atoms in total. The van der Waals surface area contributed by atoms with Crippen molar-refractivity contribution >= 4 is 5.97 Å². The van der Waals surface area contributed by atoms with Gasteiger partial charge in [0.25, 0.3) is 0 Å². The van der Waals surface area contributed by atoms with Gasteiger partial charge in [-0.1, -0.05) is 6.92 Å². The van der Waals surface area contributed by atoms with E-state index in [0.717, 1.165) is 6.42 Å². The Labute approximate surface area is 80.4 Å². The van der Waals surface area contributed by atoms with Gasteiger partial charge < -0.3 is 9.47 Å². The Morgan fingerprint density at radius 3 is 2.31 bits per heavy atom. The molecule has 0 heterocycles. The number of carbonyl (C=O) groups excluding carboxylic acids is 1. The van der Waals surface area contributed by atoms with E-state index in [1.54, 1.807) is 20.8 Å². The quantitative estimate of drug-likeness (QED) is 0.620. The van der Waals surface area contributed by atoms with E-state index < -0.39 is 5.60 Å². The highest BCUT2D eigenvalue weighted by atomic mass is 16.6. The predicted molar refractivity (Wildman–Crippen MR) is 51.6 cm³/mol. The maximum atomic E-state index is 11.4. The summed E-state index contributed by atoms with van der Waals surface area (Å²) in [7, 11) is 0. The number of hydrogen-bond donors (Lipinski definition) is 0. The third-order valence-electron chi connectivity index (χ3n) is 1.84. The Bertz CT molecular complexity index is 164. The van der Waals surface area contributed by atoms with Crippen LogP contribution in [0.1, 0.15) is 41.0 Å². The number of carbonyl (C=O) groups is 1. The molecule has 0 fully saturated rings. The van der Waals surface area contributed by atoms with Crippen LogP contribution in [0, 0.1) is 0 Å². The van der Waals surface area contributed by atoms with Gasteiger partial charge in [-0.05, 0) is 34.1 Å². The topological polar surface area (TPSA) is 35.5 Å². The molecule has 0 spiro atoms. The summed E-state index contributed by atoms with van der Waals surface area (Å²) in [4.78, 5) is 11.4. The SMILES string of the molecule is CCOC(=O)C(C)(C)OC(C)CC. The Kier molecular flexibility index (Phi) is 4.99. The third kappa shape index (κ3) is 4.27. The summed E-state index contributed by atoms with van der Waals surface area (Å²) in [6.07, 6.45) is 0.974. The zero-order valence-corrected chi connectivity index (χ0v) is 9.22. The minimum absolute atomic E-state index is 0.0828. The van der Waals surface area contributed by atoms with E-state index in [9.17, 15) is 4.79 Å². The maximum Gasteiger partial charge on any atom is 0.337 e. The average molecular weight is 188 g/mol. The minimum Gasteiger partial charge on any atom is -0.464 e. The zero-order chi connectivity index (χ0) is 10.5. The molecule has 0 saturated carbocycles. The van der Waals surface area contributed by atoms with Crippen molar-refractivity contribution in [2.45, 2.75) is 52.7 Å². The summed E-state index contributed by atoms with van der Waals surface area (Å²) < 4.78 is 10.4. The fourth-order valence-corrected chi connectivity index (χ4v) is 0.939. The Balaban J connectivity index is 4.13. The van der Waals surface area contributed by atoms with Gasteiger partial charge in [-0.25, -0.2) is 4.79 Å². The highest BCUT2D eigenvalue weighted by molar-refractivity contribution is 5.78. The van der Waals surface area contributed by atoms with Crippen LogP contribution in [0.25, 0.3) is 0 Å². The molecule has 1 unspecified atom stereocenters. The van der Waals surface area contributed by atoms with E-state index >= 15 is 0 Å². The Hall–Kier alpha value is -0.570. The van der Waals surface area contributed by atoms with Crippen LogP contribution in [0.15, 0.2) is 0 Å². The third-order valence-corrected chi connectivity index (χ3v) is 1.84. The maximum absolute atomic E-state index is 11.4. The van der Waals surface area contributed by atoms with Gasteiger partial charge in [-0.2, -0.15) is 0 Å². The van der Waals surface area contributed by atoms with Gasteiger partial charge in [-0.3, -0.25) is 0 Å². The van der Waals surface area contributed by atoms with E-state index in [0.29, 0.717) is 6.61 Å². The molecule has 0 aromatic rings. The van der Waals surface area contributed by atoms with Gasteiger partial charge in [0, 0.05) is 0 Å². The van der Waals surface area contributed by atoms with Crippen LogP contribution >= 0.6 is 0 Å². The molecule has 0 rings (SSSR count). The molecule has 0 aromatic heterocycles. The van der Waals surface area contributed by atoms with Crippen LogP contribution in [-0.4, -0.2) is 24.3 Å². The van der Waals surface area contributed by atoms with Crippen molar-refractivity contribution in [3.63, 3.8) is 0 Å². The van der Waals surface area contributed by atoms with E-state index in [1.807, 2.05) is 13.8 Å². The monoisotopic (exact) mass is 188 g/mol. The first-order valence-corrected chi connectivity index (χ1v) is 4.79. The second kappa shape index (κ2) is 5.22. The second-order valence-corrected chi connectivity index (χ2v) is 3.57. The molecule has 78 valence electrons. The second-order valence-electron chi connectivity index (χ2n) is 3.57. The smallest absolute Gasteiger partial charge is 0.337 e. The standard InChI is InChI=1S/C10H20O3/c1-6-8(3)13-10(4,5)9(11)12-7-2/h8H,6-7H2,1-5H3. The molecule has 3 heteroatoms. The van der Waals surface area contributed by atoms with Gasteiger partial charge in [0.1, 0.15) is 0 Å². The summed E-state index contributed by atoms with van der Waals surface area (Å²) in [5, 5.41) is 0. The molecule has 0 radical (unpaired) electrons. The van der Waals surface area contributed by atoms with Crippen molar-refractivity contribution in [3.05, 3.63) is 0 Å². The lowest BCUT2D eigenvalue weighted by atomic mass is 10.1. The number of esters is 1. The van der Waals surface area contributed by atoms with E-state index in [2.05, 4.69) is 0 Å². The highest BCUT2D eigenvalue weighted by Crippen LogP contribution is 2.15. The lowest BCUT2D eigenvalue weighted by Crippen LogP contribution is -2.39. The van der Waals surface area contributed by atoms with Crippen LogP contribution in [0.3, 0.4) is 0 Å². The van der Waals surface area contributed by atoms with Crippen LogP contribution in [0.2, 0.25) is 0 Å². The molecule has 0 aliphatic carbocycles. The molecule has 0 amide bonds. The zero-order valence-electron chi connectivity index (χ0n) is 9.22. The molecule has 0 aromatic carbocycles. The number of hydrogen-bond acceptors (Lipinski definition) is 3. The van der Waals surface area contributed by atoms with Crippen molar-refractivity contribution in [1.29, 1.82) is 0 Å². The molecule has 0 bridgehead atoms. The average Bonchev–Trinajstić information content (AvgIpc) is 2.04. The first kappa shape index (κ1) is 12.4. The predicted octanol–water partition coefficient (Wildman–Crippen LogP) is 2.14. The van der Waals surface area contributed by atoms with Crippen molar-refractivity contribution in [2.75, 3.05) is 6.61 Å². The van der Waals surface area contributed by atoms with Crippen LogP contribution < -0.4 is 0 Å². The lowest BCUT2D eigenvalue weighted by Gasteiger charge is -2.26. The highest BCUT2D eigenvalue weighted by Gasteiger charge is 2.31. The van der Waals surface area contributed by atoms with Crippen molar-refractivity contribution in [3.8, 4) is 0 Å². The number of rotatable bonds is 5. The normalized spacial score (nSPS) is 13.9. The van der Waals surface area contributed by atoms with E-state index in [1.165, 1.54) is 0 Å². The summed E-state index contributed by atoms with van der Waals surface area (Å²) in [5.74, 6) is -0.296. The van der Waals surface area contributed by atoms with Crippen LogP contribution in [0.5, 0.6) is 0 Å². The van der Waals surface area contributed by atoms with Gasteiger partial charge in [0.2, 0.25) is 0 Å². The minimum atomic E-state index is -0.828. The first-order chi connectivity index (χ1) is 5.94. The summed E-state index contributed by atoms with van der Waals surface area (Å²) in [6, 6.07) is 0. The van der Waals surface area contributed by atoms with E-state index in [4.69, 9.17) is 9.47 Å². The molecular weight excluding hydrogens is 168 g/mol. The number of ether oxygens (including phenoxy) is 2. The summed E-state index contributed by atoms with van der Waals surface area (Å²) >= 11 is 0. The summed E-state index contributed by atoms with van der Waals surface area (Å²) in [6.45, 7) is 9.62. The van der Waals surface area contributed by atoms with Crippen molar-refractivity contribution < 1.29 is 14.3 Å². The fraction of sp³-hybridized carbons (Fsp3) is 0.900. The van der Waals surface area contributed by atoms with Gasteiger partial charge in [0.15, 0.2) is 5.60 Å². The van der Waals surface area contributed by atoms with Crippen LogP contribution in [0.4, 0.5) is 0 Å². The van der Waals surface area contributed by atoms with E-state index in [-0.39, 0.29) is 12.1 Å². The molecule has 0 aliphatic heterocycles. The molecule has 0 N–H and O–H groups in total. The van der Waals surface area contributed by atoms with Gasteiger partial charge >= 0.3 is 5.97 Å². The molecular formula is C10H20O3. The molecule has 0 saturated heterocycles. The fourth-order valence-electron chi connectivity index (χ4n) is 0.939. The molecule has 0 aliphatic rings. The lowest BCUT2D eigenvalue weighted by molar-refractivity contribution is -0.173.